The number of hydrogen-bond donors (Lipinski definition) is 3. The normalized spacial score (nSPS) is 10.6. The third-order valence-electron chi connectivity index (χ3n) is 2.99. The van der Waals surface area contributed by atoms with E-state index in [-0.39, 0.29) is 5.95 Å². The van der Waals surface area contributed by atoms with E-state index in [9.17, 15) is 0 Å². The second-order valence-electron chi connectivity index (χ2n) is 4.49. The zero-order valence-corrected chi connectivity index (χ0v) is 12.0. The summed E-state index contributed by atoms with van der Waals surface area (Å²) in [5.74, 6) is 6.07. The Morgan fingerprint density at radius 1 is 1.14 bits per heavy atom. The summed E-state index contributed by atoms with van der Waals surface area (Å²) < 4.78 is 0. The molecule has 0 saturated carbocycles. The maximum absolute atomic E-state index is 6.11. The minimum absolute atomic E-state index is 0.284. The van der Waals surface area contributed by atoms with E-state index in [0.717, 1.165) is 22.3 Å². The molecule has 0 fully saturated rings. The van der Waals surface area contributed by atoms with Crippen LogP contribution in [0, 0.1) is 6.92 Å². The molecule has 0 aliphatic rings. The van der Waals surface area contributed by atoms with Gasteiger partial charge in [-0.1, -0.05) is 29.8 Å². The third kappa shape index (κ3) is 2.72. The molecular formula is C14H13ClN6. The van der Waals surface area contributed by atoms with E-state index in [1.165, 1.54) is 6.20 Å². The molecule has 2 heterocycles. The summed E-state index contributed by atoms with van der Waals surface area (Å²) in [5, 5.41) is 4.61. The van der Waals surface area contributed by atoms with E-state index in [2.05, 4.69) is 25.7 Å². The number of hydrogen-bond acceptors (Lipinski definition) is 6. The number of nitrogen functional groups attached to an aromatic ring is 1. The SMILES string of the molecule is Cc1ccc2cccc(Nc3nc(NN)ncc3Cl)c2n1. The van der Waals surface area contributed by atoms with Crippen LogP contribution in [-0.4, -0.2) is 15.0 Å². The molecule has 6 nitrogen and oxygen atoms in total. The van der Waals surface area contributed by atoms with Crippen LogP contribution in [0.5, 0.6) is 0 Å². The Bertz CT molecular complexity index is 805. The van der Waals surface area contributed by atoms with E-state index >= 15 is 0 Å². The highest BCUT2D eigenvalue weighted by Gasteiger charge is 2.08. The monoisotopic (exact) mass is 300 g/mol. The fourth-order valence-electron chi connectivity index (χ4n) is 2.00. The Morgan fingerprint density at radius 3 is 2.81 bits per heavy atom. The predicted octanol–water partition coefficient (Wildman–Crippen LogP) is 3.02. The number of benzene rings is 1. The topological polar surface area (TPSA) is 88.8 Å². The van der Waals surface area contributed by atoms with E-state index in [1.54, 1.807) is 0 Å². The number of rotatable bonds is 3. The van der Waals surface area contributed by atoms with Crippen molar-refractivity contribution in [3.05, 3.63) is 47.2 Å². The highest BCUT2D eigenvalue weighted by molar-refractivity contribution is 6.33. The van der Waals surface area contributed by atoms with Gasteiger partial charge in [0.2, 0.25) is 5.95 Å². The molecule has 3 rings (SSSR count). The van der Waals surface area contributed by atoms with E-state index in [0.29, 0.717) is 10.8 Å². The number of nitrogens with one attached hydrogen (secondary N) is 2. The van der Waals surface area contributed by atoms with Crippen LogP contribution in [0.25, 0.3) is 10.9 Å². The third-order valence-corrected chi connectivity index (χ3v) is 3.26. The smallest absolute Gasteiger partial charge is 0.239 e. The van der Waals surface area contributed by atoms with Gasteiger partial charge in [-0.15, -0.1) is 0 Å². The number of aromatic nitrogens is 3. The lowest BCUT2D eigenvalue weighted by atomic mass is 10.1. The van der Waals surface area contributed by atoms with E-state index in [1.807, 2.05) is 37.3 Å². The molecule has 0 spiro atoms. The zero-order valence-electron chi connectivity index (χ0n) is 11.3. The number of hydrazine groups is 1. The van der Waals surface area contributed by atoms with Gasteiger partial charge in [0.1, 0.15) is 5.02 Å². The lowest BCUT2D eigenvalue weighted by Crippen LogP contribution is -2.11. The molecule has 7 heteroatoms. The molecule has 0 bridgehead atoms. The summed E-state index contributed by atoms with van der Waals surface area (Å²) in [7, 11) is 0. The van der Waals surface area contributed by atoms with Crippen molar-refractivity contribution < 1.29 is 0 Å². The van der Waals surface area contributed by atoms with Gasteiger partial charge in [-0.2, -0.15) is 4.98 Å². The summed E-state index contributed by atoms with van der Waals surface area (Å²) in [6.07, 6.45) is 1.48. The molecule has 0 atom stereocenters. The maximum atomic E-state index is 6.11. The minimum atomic E-state index is 0.284. The number of pyridine rings is 1. The van der Waals surface area contributed by atoms with Crippen molar-refractivity contribution in [2.24, 2.45) is 5.84 Å². The summed E-state index contributed by atoms with van der Waals surface area (Å²) in [5.41, 5.74) is 5.01. The van der Waals surface area contributed by atoms with Crippen molar-refractivity contribution in [2.75, 3.05) is 10.7 Å². The van der Waals surface area contributed by atoms with Crippen molar-refractivity contribution >= 4 is 40.0 Å². The van der Waals surface area contributed by atoms with Gasteiger partial charge in [-0.25, -0.2) is 10.8 Å². The van der Waals surface area contributed by atoms with Crippen LogP contribution in [0.15, 0.2) is 36.5 Å². The highest BCUT2D eigenvalue weighted by atomic mass is 35.5. The average molecular weight is 301 g/mol. The fourth-order valence-corrected chi connectivity index (χ4v) is 2.14. The van der Waals surface area contributed by atoms with Crippen LogP contribution in [-0.2, 0) is 0 Å². The number of aryl methyl sites for hydroxylation is 1. The van der Waals surface area contributed by atoms with Crippen molar-refractivity contribution in [1.82, 2.24) is 15.0 Å². The highest BCUT2D eigenvalue weighted by Crippen LogP contribution is 2.28. The van der Waals surface area contributed by atoms with Gasteiger partial charge in [0.25, 0.3) is 0 Å². The first-order valence-electron chi connectivity index (χ1n) is 6.30. The first-order chi connectivity index (χ1) is 10.2. The van der Waals surface area contributed by atoms with E-state index < -0.39 is 0 Å². The number of nitrogens with zero attached hydrogens (tertiary/aromatic N) is 3. The molecule has 3 aromatic rings. The maximum Gasteiger partial charge on any atom is 0.239 e. The van der Waals surface area contributed by atoms with Crippen LogP contribution < -0.4 is 16.6 Å². The second-order valence-corrected chi connectivity index (χ2v) is 4.90. The Balaban J connectivity index is 2.08. The second kappa shape index (κ2) is 5.51. The van der Waals surface area contributed by atoms with Crippen molar-refractivity contribution in [1.29, 1.82) is 0 Å². The van der Waals surface area contributed by atoms with Crippen LogP contribution in [0.1, 0.15) is 5.69 Å². The fraction of sp³-hybridized carbons (Fsp3) is 0.0714. The van der Waals surface area contributed by atoms with Crippen molar-refractivity contribution in [3.8, 4) is 0 Å². The summed E-state index contributed by atoms with van der Waals surface area (Å²) in [4.78, 5) is 12.7. The molecule has 0 aliphatic carbocycles. The Morgan fingerprint density at radius 2 is 2.00 bits per heavy atom. The number of fused-ring (bicyclic) bond motifs is 1. The van der Waals surface area contributed by atoms with Gasteiger partial charge >= 0.3 is 0 Å². The molecule has 4 N–H and O–H groups in total. The van der Waals surface area contributed by atoms with Gasteiger partial charge in [-0.3, -0.25) is 10.4 Å². The zero-order chi connectivity index (χ0) is 14.8. The number of anilines is 3. The number of nitrogens with two attached hydrogens (primary N) is 1. The van der Waals surface area contributed by atoms with Gasteiger partial charge < -0.3 is 5.32 Å². The minimum Gasteiger partial charge on any atom is -0.337 e. The standard InChI is InChI=1S/C14H13ClN6/c1-8-5-6-9-3-2-4-11(12(9)18-8)19-13-10(15)7-17-14(20-13)21-16/h2-7H,16H2,1H3,(H2,17,19,20,21). The quantitative estimate of drug-likeness (QED) is 0.509. The molecule has 2 aromatic heterocycles. The molecule has 1 aromatic carbocycles. The van der Waals surface area contributed by atoms with Crippen LogP contribution in [0.3, 0.4) is 0 Å². The first kappa shape index (κ1) is 13.5. The number of para-hydroxylation sites is 1. The Kier molecular flexibility index (Phi) is 3.55. The summed E-state index contributed by atoms with van der Waals surface area (Å²) in [6.45, 7) is 1.95. The molecule has 21 heavy (non-hydrogen) atoms. The molecule has 0 unspecified atom stereocenters. The molecule has 106 valence electrons. The molecule has 0 amide bonds. The van der Waals surface area contributed by atoms with Crippen LogP contribution in [0.2, 0.25) is 5.02 Å². The van der Waals surface area contributed by atoms with Gasteiger partial charge in [-0.05, 0) is 19.1 Å². The summed E-state index contributed by atoms with van der Waals surface area (Å²) in [6, 6.07) is 9.86. The lowest BCUT2D eigenvalue weighted by molar-refractivity contribution is 1.12. The molecule has 0 aliphatic heterocycles. The molecular weight excluding hydrogens is 288 g/mol. The van der Waals surface area contributed by atoms with Crippen molar-refractivity contribution in [2.45, 2.75) is 6.92 Å². The number of halogens is 1. The lowest BCUT2D eigenvalue weighted by Gasteiger charge is -2.11. The van der Waals surface area contributed by atoms with Crippen LogP contribution >= 0.6 is 11.6 Å². The molecule has 0 radical (unpaired) electrons. The van der Waals surface area contributed by atoms with E-state index in [4.69, 9.17) is 17.4 Å². The summed E-state index contributed by atoms with van der Waals surface area (Å²) >= 11 is 6.11. The van der Waals surface area contributed by atoms with Crippen molar-refractivity contribution in [3.63, 3.8) is 0 Å². The van der Waals surface area contributed by atoms with Gasteiger partial charge in [0.05, 0.1) is 17.4 Å². The predicted molar refractivity (Wildman–Crippen MR) is 84.6 cm³/mol. The first-order valence-corrected chi connectivity index (χ1v) is 6.68. The van der Waals surface area contributed by atoms with Crippen LogP contribution in [0.4, 0.5) is 17.5 Å². The largest absolute Gasteiger partial charge is 0.337 e. The Hall–Kier alpha value is -2.44. The Labute approximate surface area is 126 Å². The van der Waals surface area contributed by atoms with Gasteiger partial charge in [0.15, 0.2) is 5.82 Å². The van der Waals surface area contributed by atoms with Gasteiger partial charge in [0, 0.05) is 11.1 Å². The molecule has 0 saturated heterocycles. The average Bonchev–Trinajstić information content (AvgIpc) is 2.50.